The normalized spacial score (nSPS) is 19.6. The van der Waals surface area contributed by atoms with Crippen LogP contribution < -0.4 is 0 Å². The molecule has 0 saturated carbocycles. The van der Waals surface area contributed by atoms with Crippen LogP contribution in [0.4, 0.5) is 0 Å². The third-order valence-electron chi connectivity index (χ3n) is 4.32. The quantitative estimate of drug-likeness (QED) is 0.576. The van der Waals surface area contributed by atoms with Crippen molar-refractivity contribution in [3.05, 3.63) is 27.4 Å². The maximum absolute atomic E-state index is 11.5. The molecule has 1 aliphatic heterocycles. The Balaban J connectivity index is 2.29. The van der Waals surface area contributed by atoms with Crippen molar-refractivity contribution in [2.24, 2.45) is 0 Å². The van der Waals surface area contributed by atoms with E-state index in [0.717, 1.165) is 11.0 Å². The molecule has 1 fully saturated rings. The van der Waals surface area contributed by atoms with Crippen LogP contribution in [-0.2, 0) is 14.1 Å². The van der Waals surface area contributed by atoms with E-state index in [-0.39, 0.29) is 10.9 Å². The van der Waals surface area contributed by atoms with Gasteiger partial charge >= 0.3 is 7.12 Å². The summed E-state index contributed by atoms with van der Waals surface area (Å²) in [6, 6.07) is 1.86. The maximum atomic E-state index is 11.5. The molecule has 0 atom stereocenters. The Morgan fingerprint density at radius 1 is 1.21 bits per heavy atom. The van der Waals surface area contributed by atoms with Crippen LogP contribution in [0.3, 0.4) is 0 Å². The van der Waals surface area contributed by atoms with Crippen LogP contribution in [0.5, 0.6) is 0 Å². The van der Waals surface area contributed by atoms with Gasteiger partial charge in [0, 0.05) is 12.7 Å². The Morgan fingerprint density at radius 3 is 2.25 bits per heavy atom. The van der Waals surface area contributed by atoms with Gasteiger partial charge in [0.25, 0.3) is 0 Å². The number of hydrogen-bond donors (Lipinski definition) is 0. The van der Waals surface area contributed by atoms with Crippen molar-refractivity contribution in [1.29, 1.82) is 0 Å². The monoisotopic (exact) mass is 366 g/mol. The van der Waals surface area contributed by atoms with E-state index in [0.29, 0.717) is 10.6 Å². The number of Topliss-reactive ketones (excluding diaryl/α,β-unsaturated/α-hetero) is 1. The van der Waals surface area contributed by atoms with Crippen molar-refractivity contribution >= 4 is 47.2 Å². The Labute approximate surface area is 152 Å². The standard InChI is InChI=1S/C17H23BO4S2/c1-11(19)15-8-13(9-24-15)7-14(10-23-12(2)20)18-21-16(3,4)17(5,6)22-18/h7-9H,10H2,1-6H3. The molecular formula is C17H23BO4S2. The number of thioether (sulfide) groups is 1. The fourth-order valence-corrected chi connectivity index (χ4v) is 3.54. The Kier molecular flexibility index (Phi) is 5.80. The van der Waals surface area contributed by atoms with E-state index < -0.39 is 18.3 Å². The lowest BCUT2D eigenvalue weighted by Gasteiger charge is -2.32. The molecule has 24 heavy (non-hydrogen) atoms. The van der Waals surface area contributed by atoms with Crippen molar-refractivity contribution in [1.82, 2.24) is 0 Å². The second-order valence-electron chi connectivity index (χ2n) is 6.89. The number of carbonyl (C=O) groups is 2. The third-order valence-corrected chi connectivity index (χ3v) is 6.25. The second kappa shape index (κ2) is 7.16. The first-order valence-electron chi connectivity index (χ1n) is 7.81. The fraction of sp³-hybridized carbons (Fsp3) is 0.529. The Bertz CT molecular complexity index is 660. The van der Waals surface area contributed by atoms with E-state index in [1.165, 1.54) is 23.1 Å². The van der Waals surface area contributed by atoms with Gasteiger partial charge < -0.3 is 9.31 Å². The summed E-state index contributed by atoms with van der Waals surface area (Å²) in [6.07, 6.45) is 1.96. The SMILES string of the molecule is CC(=O)SCC(=Cc1csc(C(C)=O)c1)B1OC(C)(C)C(C)(C)O1. The lowest BCUT2D eigenvalue weighted by Crippen LogP contribution is -2.41. The minimum Gasteiger partial charge on any atom is -0.400 e. The molecule has 0 N–H and O–H groups in total. The highest BCUT2D eigenvalue weighted by Gasteiger charge is 2.52. The van der Waals surface area contributed by atoms with Crippen LogP contribution in [0.1, 0.15) is 56.8 Å². The van der Waals surface area contributed by atoms with Gasteiger partial charge in [-0.25, -0.2) is 0 Å². The minimum absolute atomic E-state index is 0.0483. The molecule has 1 aliphatic rings. The van der Waals surface area contributed by atoms with E-state index in [1.54, 1.807) is 13.8 Å². The molecule has 2 rings (SSSR count). The summed E-state index contributed by atoms with van der Waals surface area (Å²) in [5.74, 6) is 0.548. The van der Waals surface area contributed by atoms with Gasteiger partial charge in [0.15, 0.2) is 10.9 Å². The topological polar surface area (TPSA) is 52.6 Å². The van der Waals surface area contributed by atoms with Gasteiger partial charge in [0.1, 0.15) is 0 Å². The molecule has 0 spiro atoms. The molecule has 0 radical (unpaired) electrons. The van der Waals surface area contributed by atoms with Gasteiger partial charge in [0.2, 0.25) is 0 Å². The lowest BCUT2D eigenvalue weighted by molar-refractivity contribution is -0.109. The number of hydrogen-bond acceptors (Lipinski definition) is 6. The molecule has 7 heteroatoms. The Hall–Kier alpha value is -0.885. The van der Waals surface area contributed by atoms with Crippen LogP contribution in [0, 0.1) is 0 Å². The zero-order chi connectivity index (χ0) is 18.1. The van der Waals surface area contributed by atoms with Crippen LogP contribution in [0.15, 0.2) is 16.9 Å². The summed E-state index contributed by atoms with van der Waals surface area (Å²) in [4.78, 5) is 23.6. The number of thiophene rings is 1. The molecule has 0 aliphatic carbocycles. The van der Waals surface area contributed by atoms with Crippen LogP contribution in [-0.4, -0.2) is 35.0 Å². The molecular weight excluding hydrogens is 343 g/mol. The fourth-order valence-electron chi connectivity index (χ4n) is 2.18. The molecule has 4 nitrogen and oxygen atoms in total. The molecule has 1 saturated heterocycles. The zero-order valence-electron chi connectivity index (χ0n) is 15.0. The highest BCUT2D eigenvalue weighted by molar-refractivity contribution is 8.13. The first-order valence-corrected chi connectivity index (χ1v) is 9.67. The highest BCUT2D eigenvalue weighted by Crippen LogP contribution is 2.39. The third kappa shape index (κ3) is 4.39. The average molecular weight is 366 g/mol. The van der Waals surface area contributed by atoms with Crippen LogP contribution >= 0.6 is 23.1 Å². The van der Waals surface area contributed by atoms with Crippen molar-refractivity contribution in [2.45, 2.75) is 52.7 Å². The van der Waals surface area contributed by atoms with E-state index in [9.17, 15) is 9.59 Å². The predicted molar refractivity (Wildman–Crippen MR) is 102 cm³/mol. The van der Waals surface area contributed by atoms with Gasteiger partial charge in [-0.3, -0.25) is 9.59 Å². The van der Waals surface area contributed by atoms with Gasteiger partial charge in [-0.1, -0.05) is 17.8 Å². The van der Waals surface area contributed by atoms with Gasteiger partial charge in [0.05, 0.1) is 16.1 Å². The molecule has 0 unspecified atom stereocenters. The largest absolute Gasteiger partial charge is 0.491 e. The zero-order valence-corrected chi connectivity index (χ0v) is 16.6. The van der Waals surface area contributed by atoms with Gasteiger partial charge in [-0.05, 0) is 57.1 Å². The number of rotatable bonds is 5. The average Bonchev–Trinajstić information content (AvgIpc) is 2.97. The molecule has 1 aromatic heterocycles. The molecule has 0 aromatic carbocycles. The van der Waals surface area contributed by atoms with E-state index in [2.05, 4.69) is 0 Å². The summed E-state index contributed by atoms with van der Waals surface area (Å²) >= 11 is 2.64. The first-order chi connectivity index (χ1) is 11.0. The highest BCUT2D eigenvalue weighted by atomic mass is 32.2. The summed E-state index contributed by atoms with van der Waals surface area (Å²) in [5, 5.41) is 1.98. The minimum atomic E-state index is -0.498. The first kappa shape index (κ1) is 19.4. The molecule has 1 aromatic rings. The Morgan fingerprint density at radius 2 is 1.79 bits per heavy atom. The second-order valence-corrected chi connectivity index (χ2v) is 8.95. The van der Waals surface area contributed by atoms with Crippen LogP contribution in [0.2, 0.25) is 0 Å². The van der Waals surface area contributed by atoms with Gasteiger partial charge in [-0.15, -0.1) is 11.3 Å². The van der Waals surface area contributed by atoms with Crippen molar-refractivity contribution in [2.75, 3.05) is 5.75 Å². The van der Waals surface area contributed by atoms with E-state index >= 15 is 0 Å². The molecule has 0 bridgehead atoms. The predicted octanol–water partition coefficient (Wildman–Crippen LogP) is 4.25. The summed E-state index contributed by atoms with van der Waals surface area (Å²) < 4.78 is 12.2. The summed E-state index contributed by atoms with van der Waals surface area (Å²) in [5.41, 5.74) is 0.953. The number of carbonyl (C=O) groups excluding carboxylic acids is 2. The van der Waals surface area contributed by atoms with Crippen molar-refractivity contribution < 1.29 is 18.9 Å². The summed E-state index contributed by atoms with van der Waals surface area (Å²) in [6.45, 7) is 11.1. The van der Waals surface area contributed by atoms with Gasteiger partial charge in [-0.2, -0.15) is 0 Å². The number of ketones is 1. The molecule has 0 amide bonds. The van der Waals surface area contributed by atoms with E-state index in [4.69, 9.17) is 9.31 Å². The van der Waals surface area contributed by atoms with Crippen molar-refractivity contribution in [3.63, 3.8) is 0 Å². The molecule has 2 heterocycles. The van der Waals surface area contributed by atoms with Crippen LogP contribution in [0.25, 0.3) is 6.08 Å². The lowest BCUT2D eigenvalue weighted by atomic mass is 9.78. The smallest absolute Gasteiger partial charge is 0.400 e. The maximum Gasteiger partial charge on any atom is 0.491 e. The molecule has 130 valence electrons. The van der Waals surface area contributed by atoms with Crippen molar-refractivity contribution in [3.8, 4) is 0 Å². The van der Waals surface area contributed by atoms with E-state index in [1.807, 2.05) is 45.2 Å². The summed E-state index contributed by atoms with van der Waals surface area (Å²) in [7, 11) is -0.498.